The van der Waals surface area contributed by atoms with Crippen molar-refractivity contribution in [2.75, 3.05) is 5.32 Å². The summed E-state index contributed by atoms with van der Waals surface area (Å²) in [5.74, 6) is -3.03. The van der Waals surface area contributed by atoms with Crippen LogP contribution in [0.2, 0.25) is 0 Å². The van der Waals surface area contributed by atoms with Crippen molar-refractivity contribution in [2.24, 2.45) is 0 Å². The van der Waals surface area contributed by atoms with E-state index in [-0.39, 0.29) is 11.5 Å². The Balaban J connectivity index is 1.82. The molecule has 12 heteroatoms. The number of halogens is 7. The smallest absolute Gasteiger partial charge is 0.403 e. The quantitative estimate of drug-likeness (QED) is 0.595. The van der Waals surface area contributed by atoms with Gasteiger partial charge in [0, 0.05) is 11.1 Å². The van der Waals surface area contributed by atoms with Crippen LogP contribution in [0.15, 0.2) is 46.9 Å². The van der Waals surface area contributed by atoms with Crippen molar-refractivity contribution >= 4 is 11.9 Å². The first-order valence-corrected chi connectivity index (χ1v) is 7.64. The summed E-state index contributed by atoms with van der Waals surface area (Å²) in [6.07, 6.45) is -9.62. The van der Waals surface area contributed by atoms with Crippen LogP contribution < -0.4 is 5.32 Å². The minimum absolute atomic E-state index is 0.0889. The number of hydrogen-bond donors (Lipinski definition) is 1. The molecule has 1 N–H and O–H groups in total. The highest BCUT2D eigenvalue weighted by molar-refractivity contribution is 6.03. The summed E-state index contributed by atoms with van der Waals surface area (Å²) in [5, 5.41) is 8.90. The Morgan fingerprint density at radius 1 is 0.931 bits per heavy atom. The van der Waals surface area contributed by atoms with Gasteiger partial charge in [-0.3, -0.25) is 10.1 Å². The SMILES string of the molecule is O=C(Nc1nnc(-c2cccc(C(F)(F)F)c2)o1)c1ccc(F)c(C(F)(F)F)c1. The molecule has 5 nitrogen and oxygen atoms in total. The van der Waals surface area contributed by atoms with Crippen molar-refractivity contribution in [1.29, 1.82) is 0 Å². The molecule has 0 unspecified atom stereocenters. The molecule has 0 aliphatic rings. The molecule has 29 heavy (non-hydrogen) atoms. The molecular weight excluding hydrogens is 411 g/mol. The molecule has 0 fully saturated rings. The molecule has 0 bridgehead atoms. The van der Waals surface area contributed by atoms with E-state index in [2.05, 4.69) is 10.2 Å². The molecule has 1 aromatic heterocycles. The fourth-order valence-electron chi connectivity index (χ4n) is 2.27. The fourth-order valence-corrected chi connectivity index (χ4v) is 2.27. The third-order valence-corrected chi connectivity index (χ3v) is 3.62. The van der Waals surface area contributed by atoms with E-state index in [4.69, 9.17) is 4.42 Å². The molecule has 0 saturated carbocycles. The zero-order valence-corrected chi connectivity index (χ0v) is 13.9. The Hall–Kier alpha value is -3.44. The van der Waals surface area contributed by atoms with E-state index < -0.39 is 46.8 Å². The van der Waals surface area contributed by atoms with Gasteiger partial charge in [0.1, 0.15) is 5.82 Å². The molecule has 152 valence electrons. The standard InChI is InChI=1S/C17H8F7N3O2/c18-12-5-4-8(7-11(12)17(22,23)24)13(28)25-15-27-26-14(29-15)9-2-1-3-10(6-9)16(19,20)21/h1-7H,(H,25,27,28). The average Bonchev–Trinajstić information content (AvgIpc) is 3.09. The van der Waals surface area contributed by atoms with Crippen LogP contribution in [0.25, 0.3) is 11.5 Å². The predicted molar refractivity (Wildman–Crippen MR) is 84.1 cm³/mol. The fraction of sp³-hybridized carbons (Fsp3) is 0.118. The van der Waals surface area contributed by atoms with Crippen molar-refractivity contribution in [3.05, 3.63) is 65.0 Å². The maximum absolute atomic E-state index is 13.3. The molecule has 3 rings (SSSR count). The van der Waals surface area contributed by atoms with Gasteiger partial charge in [0.2, 0.25) is 5.89 Å². The first kappa shape index (κ1) is 20.3. The Morgan fingerprint density at radius 3 is 2.31 bits per heavy atom. The second-order valence-electron chi connectivity index (χ2n) is 5.64. The molecule has 0 aliphatic heterocycles. The van der Waals surface area contributed by atoms with Gasteiger partial charge in [-0.25, -0.2) is 4.39 Å². The Bertz CT molecular complexity index is 1060. The topological polar surface area (TPSA) is 68.0 Å². The van der Waals surface area contributed by atoms with Gasteiger partial charge >= 0.3 is 18.4 Å². The van der Waals surface area contributed by atoms with Gasteiger partial charge in [0.25, 0.3) is 5.91 Å². The molecule has 0 spiro atoms. The summed E-state index contributed by atoms with van der Waals surface area (Å²) in [6, 6.07) is 4.95. The molecule has 0 saturated heterocycles. The molecule has 0 atom stereocenters. The third kappa shape index (κ3) is 4.52. The first-order valence-electron chi connectivity index (χ1n) is 7.64. The monoisotopic (exact) mass is 419 g/mol. The average molecular weight is 419 g/mol. The number of carbonyl (C=O) groups is 1. The van der Waals surface area contributed by atoms with Gasteiger partial charge in [0.15, 0.2) is 0 Å². The van der Waals surface area contributed by atoms with Gasteiger partial charge < -0.3 is 4.42 Å². The van der Waals surface area contributed by atoms with E-state index in [0.29, 0.717) is 12.1 Å². The van der Waals surface area contributed by atoms with Crippen LogP contribution in [0.1, 0.15) is 21.5 Å². The molecule has 2 aromatic carbocycles. The summed E-state index contributed by atoms with van der Waals surface area (Å²) in [6.45, 7) is 0. The van der Waals surface area contributed by atoms with Crippen molar-refractivity contribution in [3.63, 3.8) is 0 Å². The van der Waals surface area contributed by atoms with E-state index in [1.807, 2.05) is 5.32 Å². The number of nitrogens with zero attached hydrogens (tertiary/aromatic N) is 2. The minimum Gasteiger partial charge on any atom is -0.403 e. The maximum Gasteiger partial charge on any atom is 0.419 e. The second-order valence-corrected chi connectivity index (χ2v) is 5.64. The molecular formula is C17H8F7N3O2. The summed E-state index contributed by atoms with van der Waals surface area (Å²) in [5.41, 5.74) is -3.24. The Labute approximate surface area is 157 Å². The lowest BCUT2D eigenvalue weighted by molar-refractivity contribution is -0.140. The number of hydrogen-bond acceptors (Lipinski definition) is 4. The maximum atomic E-state index is 13.3. The van der Waals surface area contributed by atoms with Gasteiger partial charge in [-0.1, -0.05) is 11.2 Å². The lowest BCUT2D eigenvalue weighted by Crippen LogP contribution is -2.15. The van der Waals surface area contributed by atoms with Crippen LogP contribution in [0.5, 0.6) is 0 Å². The van der Waals surface area contributed by atoms with Gasteiger partial charge in [-0.2, -0.15) is 26.3 Å². The van der Waals surface area contributed by atoms with Crippen LogP contribution in [-0.4, -0.2) is 16.1 Å². The molecule has 3 aromatic rings. The highest BCUT2D eigenvalue weighted by Crippen LogP contribution is 2.33. The summed E-state index contributed by atoms with van der Waals surface area (Å²) < 4.78 is 94.8. The highest BCUT2D eigenvalue weighted by Gasteiger charge is 2.35. The zero-order chi connectivity index (χ0) is 21.4. The lowest BCUT2D eigenvalue weighted by atomic mass is 10.1. The largest absolute Gasteiger partial charge is 0.419 e. The van der Waals surface area contributed by atoms with E-state index in [9.17, 15) is 35.5 Å². The number of aromatic nitrogens is 2. The number of carbonyl (C=O) groups excluding carboxylic acids is 1. The van der Waals surface area contributed by atoms with Gasteiger partial charge in [-0.05, 0) is 36.4 Å². The summed E-state index contributed by atoms with van der Waals surface area (Å²) >= 11 is 0. The number of benzene rings is 2. The Morgan fingerprint density at radius 2 is 1.66 bits per heavy atom. The van der Waals surface area contributed by atoms with Crippen LogP contribution in [-0.2, 0) is 12.4 Å². The summed E-state index contributed by atoms with van der Waals surface area (Å²) in [4.78, 5) is 12.1. The van der Waals surface area contributed by atoms with E-state index in [1.165, 1.54) is 6.07 Å². The van der Waals surface area contributed by atoms with E-state index >= 15 is 0 Å². The highest BCUT2D eigenvalue weighted by atomic mass is 19.4. The Kier molecular flexibility index (Phi) is 5.03. The van der Waals surface area contributed by atoms with E-state index in [0.717, 1.165) is 24.3 Å². The van der Waals surface area contributed by atoms with Crippen molar-refractivity contribution in [3.8, 4) is 11.5 Å². The van der Waals surface area contributed by atoms with Crippen LogP contribution in [0.4, 0.5) is 36.7 Å². The van der Waals surface area contributed by atoms with Crippen molar-refractivity contribution in [1.82, 2.24) is 10.2 Å². The number of anilines is 1. The van der Waals surface area contributed by atoms with Crippen LogP contribution in [0, 0.1) is 5.82 Å². The normalized spacial score (nSPS) is 12.1. The first-order chi connectivity index (χ1) is 13.4. The predicted octanol–water partition coefficient (Wildman–Crippen LogP) is 5.17. The third-order valence-electron chi connectivity index (χ3n) is 3.62. The van der Waals surface area contributed by atoms with Crippen molar-refractivity contribution < 1.29 is 39.9 Å². The molecule has 0 radical (unpaired) electrons. The molecule has 1 amide bonds. The second kappa shape index (κ2) is 7.18. The lowest BCUT2D eigenvalue weighted by Gasteiger charge is -2.09. The number of amides is 1. The molecule has 0 aliphatic carbocycles. The number of alkyl halides is 6. The molecule has 1 heterocycles. The summed E-state index contributed by atoms with van der Waals surface area (Å²) in [7, 11) is 0. The van der Waals surface area contributed by atoms with E-state index in [1.54, 1.807) is 0 Å². The zero-order valence-electron chi connectivity index (χ0n) is 13.9. The minimum atomic E-state index is -5.01. The van der Waals surface area contributed by atoms with Crippen LogP contribution >= 0.6 is 0 Å². The number of nitrogens with one attached hydrogen (secondary N) is 1. The van der Waals surface area contributed by atoms with Gasteiger partial charge in [-0.15, -0.1) is 5.10 Å². The van der Waals surface area contributed by atoms with Crippen LogP contribution in [0.3, 0.4) is 0 Å². The van der Waals surface area contributed by atoms with Crippen molar-refractivity contribution in [2.45, 2.75) is 12.4 Å². The number of rotatable bonds is 3. The van der Waals surface area contributed by atoms with Gasteiger partial charge in [0.05, 0.1) is 11.1 Å².